The van der Waals surface area contributed by atoms with E-state index in [2.05, 4.69) is 6.92 Å². The maximum atomic E-state index is 13.8. The van der Waals surface area contributed by atoms with Gasteiger partial charge in [0, 0.05) is 30.3 Å². The molecule has 7 heteroatoms. The quantitative estimate of drug-likeness (QED) is 0.483. The van der Waals surface area contributed by atoms with E-state index in [-0.39, 0.29) is 5.56 Å². The van der Waals surface area contributed by atoms with Crippen molar-refractivity contribution in [2.45, 2.75) is 51.5 Å². The molecule has 0 amide bonds. The Balaban J connectivity index is 1.74. The van der Waals surface area contributed by atoms with Gasteiger partial charge in [-0.05, 0) is 60.9 Å². The molecule has 2 atom stereocenters. The van der Waals surface area contributed by atoms with Crippen LogP contribution in [0.25, 0.3) is 0 Å². The van der Waals surface area contributed by atoms with Gasteiger partial charge in [-0.15, -0.1) is 0 Å². The third-order valence-electron chi connectivity index (χ3n) is 6.97. The van der Waals surface area contributed by atoms with Crippen molar-refractivity contribution in [3.63, 3.8) is 0 Å². The second-order valence-corrected chi connectivity index (χ2v) is 9.04. The third-order valence-corrected chi connectivity index (χ3v) is 6.97. The molecule has 2 aromatic carbocycles. The Morgan fingerprint density at radius 2 is 1.74 bits per heavy atom. The van der Waals surface area contributed by atoms with Gasteiger partial charge < -0.3 is 28.3 Å². The number of aryl methyl sites for hydroxylation is 1. The molecule has 0 radical (unpaired) electrons. The summed E-state index contributed by atoms with van der Waals surface area (Å²) in [6, 6.07) is 13.5. The highest BCUT2D eigenvalue weighted by molar-refractivity contribution is 5.55. The van der Waals surface area contributed by atoms with E-state index in [1.54, 1.807) is 21.3 Å². The Hall–Kier alpha value is -3.45. The van der Waals surface area contributed by atoms with Gasteiger partial charge in [0.1, 0.15) is 17.6 Å². The van der Waals surface area contributed by atoms with Crippen LogP contribution in [0.15, 0.2) is 47.3 Å². The van der Waals surface area contributed by atoms with Gasteiger partial charge in [-0.1, -0.05) is 13.3 Å². The number of hydrogen-bond acceptors (Lipinski definition) is 6. The predicted molar refractivity (Wildman–Crippen MR) is 132 cm³/mol. The van der Waals surface area contributed by atoms with Crippen molar-refractivity contribution in [2.75, 3.05) is 21.3 Å². The summed E-state index contributed by atoms with van der Waals surface area (Å²) in [4.78, 5) is 13.8. The van der Waals surface area contributed by atoms with Gasteiger partial charge in [-0.3, -0.25) is 4.79 Å². The third kappa shape index (κ3) is 3.74. The van der Waals surface area contributed by atoms with Crippen LogP contribution >= 0.6 is 0 Å². The maximum Gasteiger partial charge on any atom is 0.260 e. The van der Waals surface area contributed by atoms with Crippen LogP contribution in [-0.4, -0.2) is 25.9 Å². The van der Waals surface area contributed by atoms with E-state index < -0.39 is 11.9 Å². The predicted octanol–water partition coefficient (Wildman–Crippen LogP) is 4.89. The zero-order chi connectivity index (χ0) is 24.7. The summed E-state index contributed by atoms with van der Waals surface area (Å²) in [6.07, 6.45) is 1.76. The lowest BCUT2D eigenvalue weighted by Crippen LogP contribution is -2.48. The first-order chi connectivity index (χ1) is 16.9. The summed E-state index contributed by atoms with van der Waals surface area (Å²) < 4.78 is 31.6. The van der Waals surface area contributed by atoms with Gasteiger partial charge in [-0.2, -0.15) is 0 Å². The maximum absolute atomic E-state index is 13.8. The largest absolute Gasteiger partial charge is 0.497 e. The lowest BCUT2D eigenvalue weighted by Gasteiger charge is -2.46. The van der Waals surface area contributed by atoms with E-state index in [4.69, 9.17) is 23.7 Å². The summed E-state index contributed by atoms with van der Waals surface area (Å²) in [5.41, 5.74) is 4.04. The molecular weight excluding hydrogens is 446 g/mol. The number of methoxy groups -OCH3 is 3. The Bertz CT molecular complexity index is 1310. The van der Waals surface area contributed by atoms with E-state index in [0.717, 1.165) is 41.0 Å². The zero-order valence-electron chi connectivity index (χ0n) is 20.8. The van der Waals surface area contributed by atoms with Crippen molar-refractivity contribution in [1.29, 1.82) is 0 Å². The molecule has 2 aliphatic heterocycles. The molecule has 0 saturated heterocycles. The summed E-state index contributed by atoms with van der Waals surface area (Å²) in [5, 5.41) is 0. The van der Waals surface area contributed by atoms with Crippen molar-refractivity contribution in [3.05, 3.63) is 80.8 Å². The monoisotopic (exact) mass is 477 g/mol. The van der Waals surface area contributed by atoms with Crippen LogP contribution in [0, 0.1) is 6.92 Å². The lowest BCUT2D eigenvalue weighted by atomic mass is 9.84. The van der Waals surface area contributed by atoms with E-state index >= 15 is 0 Å². The van der Waals surface area contributed by atoms with Crippen molar-refractivity contribution >= 4 is 0 Å². The first kappa shape index (κ1) is 23.3. The minimum Gasteiger partial charge on any atom is -0.497 e. The number of fused-ring (bicyclic) bond motifs is 6. The highest BCUT2D eigenvalue weighted by Crippen LogP contribution is 2.53. The molecule has 7 nitrogen and oxygen atoms in total. The van der Waals surface area contributed by atoms with Crippen LogP contribution < -0.4 is 24.5 Å². The van der Waals surface area contributed by atoms with E-state index in [9.17, 15) is 4.79 Å². The Labute approximate surface area is 205 Å². The molecule has 0 saturated carbocycles. The summed E-state index contributed by atoms with van der Waals surface area (Å²) in [5.74, 6) is 1.44. The molecule has 0 N–H and O–H groups in total. The lowest BCUT2D eigenvalue weighted by molar-refractivity contribution is -0.237. The molecule has 0 fully saturated rings. The molecule has 2 bridgehead atoms. The average Bonchev–Trinajstić information content (AvgIpc) is 2.87. The van der Waals surface area contributed by atoms with Gasteiger partial charge in [0.25, 0.3) is 5.56 Å². The normalized spacial score (nSPS) is 19.9. The molecule has 35 heavy (non-hydrogen) atoms. The number of nitrogens with zero attached hydrogens (tertiary/aromatic N) is 1. The number of benzene rings is 2. The first-order valence-electron chi connectivity index (χ1n) is 11.9. The highest BCUT2D eigenvalue weighted by atomic mass is 16.7. The summed E-state index contributed by atoms with van der Waals surface area (Å²) in [6.45, 7) is 4.72. The molecule has 0 spiro atoms. The van der Waals surface area contributed by atoms with Crippen LogP contribution in [0.1, 0.15) is 53.8 Å². The molecule has 3 heterocycles. The van der Waals surface area contributed by atoms with Gasteiger partial charge in [0.05, 0.1) is 26.9 Å². The smallest absolute Gasteiger partial charge is 0.260 e. The second-order valence-electron chi connectivity index (χ2n) is 9.04. The van der Waals surface area contributed by atoms with Crippen LogP contribution in [0.4, 0.5) is 0 Å². The molecule has 3 aromatic rings. The standard InChI is InChI=1S/C28H31NO6/c1-6-7-12-29-17(2)13-24-25(27(29)30)26-21-15-23(33-5)22(32-4)14-18(21)16-28(34-24,35-26)19-8-10-20(31-3)11-9-19/h8-11,13-15,26H,6-7,12,16H2,1-5H3/t26?,28-/m0/s1. The van der Waals surface area contributed by atoms with E-state index in [1.807, 2.05) is 54.0 Å². The van der Waals surface area contributed by atoms with Crippen LogP contribution in [0.2, 0.25) is 0 Å². The minimum absolute atomic E-state index is 0.0792. The fourth-order valence-corrected chi connectivity index (χ4v) is 5.08. The number of pyridine rings is 1. The van der Waals surface area contributed by atoms with Crippen molar-refractivity contribution in [1.82, 2.24) is 4.57 Å². The number of aromatic nitrogens is 1. The van der Waals surface area contributed by atoms with Crippen molar-refractivity contribution < 1.29 is 23.7 Å². The van der Waals surface area contributed by atoms with Crippen molar-refractivity contribution in [3.8, 4) is 23.0 Å². The van der Waals surface area contributed by atoms with E-state index in [1.165, 1.54) is 0 Å². The fraction of sp³-hybridized carbons (Fsp3) is 0.393. The number of ether oxygens (including phenoxy) is 5. The van der Waals surface area contributed by atoms with Crippen LogP contribution in [0.5, 0.6) is 23.0 Å². The van der Waals surface area contributed by atoms with E-state index in [0.29, 0.717) is 35.8 Å². The molecule has 1 unspecified atom stereocenters. The minimum atomic E-state index is -1.09. The second kappa shape index (κ2) is 8.96. The number of hydrogen-bond donors (Lipinski definition) is 0. The molecule has 1 aromatic heterocycles. The van der Waals surface area contributed by atoms with Crippen molar-refractivity contribution in [2.24, 2.45) is 0 Å². The molecule has 184 valence electrons. The summed E-state index contributed by atoms with van der Waals surface area (Å²) in [7, 11) is 4.86. The summed E-state index contributed by atoms with van der Waals surface area (Å²) >= 11 is 0. The molecule has 5 rings (SSSR count). The van der Waals surface area contributed by atoms with Gasteiger partial charge in [0.2, 0.25) is 5.79 Å². The number of unbranched alkanes of at least 4 members (excludes halogenated alkanes) is 1. The van der Waals surface area contributed by atoms with Crippen LogP contribution in [0.3, 0.4) is 0 Å². The number of rotatable bonds is 7. The molecule has 2 aliphatic rings. The molecular formula is C28H31NO6. The fourth-order valence-electron chi connectivity index (χ4n) is 5.08. The SMILES string of the molecule is CCCCn1c(C)cc2c(c1=O)C1O[C@](c3ccc(OC)cc3)(Cc3cc(OC)c(OC)cc31)O2. The van der Waals surface area contributed by atoms with Crippen LogP contribution in [-0.2, 0) is 23.5 Å². The Morgan fingerprint density at radius 3 is 2.40 bits per heavy atom. The topological polar surface area (TPSA) is 68.2 Å². The Kier molecular flexibility index (Phi) is 5.97. The Morgan fingerprint density at radius 1 is 1.03 bits per heavy atom. The highest BCUT2D eigenvalue weighted by Gasteiger charge is 2.50. The van der Waals surface area contributed by atoms with Gasteiger partial charge >= 0.3 is 0 Å². The average molecular weight is 478 g/mol. The van der Waals surface area contributed by atoms with Gasteiger partial charge in [-0.25, -0.2) is 0 Å². The van der Waals surface area contributed by atoms with Gasteiger partial charge in [0.15, 0.2) is 11.5 Å². The first-order valence-corrected chi connectivity index (χ1v) is 11.9. The zero-order valence-corrected chi connectivity index (χ0v) is 20.8. The molecule has 0 aliphatic carbocycles.